The summed E-state index contributed by atoms with van der Waals surface area (Å²) in [5.74, 6) is 0. The van der Waals surface area contributed by atoms with Gasteiger partial charge in [0.25, 0.3) is 0 Å². The molecule has 60 valence electrons. The Kier molecular flexibility index (Phi) is 2.62. The number of nitrogens with zero attached hydrogens (tertiary/aromatic N) is 3. The molecule has 0 heterocycles. The van der Waals surface area contributed by atoms with Crippen molar-refractivity contribution in [2.45, 2.75) is 0 Å². The van der Waals surface area contributed by atoms with Gasteiger partial charge in [-0.1, -0.05) is 18.2 Å². The third-order valence-corrected chi connectivity index (χ3v) is 1.24. The Bertz CT molecular complexity index is 292. The lowest BCUT2D eigenvalue weighted by Gasteiger charge is -2.10. The number of hydrazine groups is 1. The number of nitriles is 1. The first-order valence-corrected chi connectivity index (χ1v) is 3.21. The van der Waals surface area contributed by atoms with E-state index in [0.29, 0.717) is 5.69 Å². The van der Waals surface area contributed by atoms with Crippen LogP contribution in [0.25, 0.3) is 0 Å². The summed E-state index contributed by atoms with van der Waals surface area (Å²) in [5.41, 5.74) is 2.63. The molecule has 0 saturated carbocycles. The number of rotatable bonds is 3. The minimum Gasteiger partial charge on any atom is -0.210 e. The van der Waals surface area contributed by atoms with E-state index in [-0.39, 0.29) is 0 Å². The van der Waals surface area contributed by atoms with Crippen LogP contribution in [-0.2, 0) is 0 Å². The molecular weight excluding hydrogens is 156 g/mol. The van der Waals surface area contributed by atoms with Crippen molar-refractivity contribution < 1.29 is 0 Å². The Balaban J connectivity index is 2.81. The van der Waals surface area contributed by atoms with Crippen LogP contribution in [0.5, 0.6) is 0 Å². The van der Waals surface area contributed by atoms with E-state index in [4.69, 9.17) is 5.26 Å². The van der Waals surface area contributed by atoms with Gasteiger partial charge in [-0.2, -0.15) is 5.26 Å². The van der Waals surface area contributed by atoms with Crippen LogP contribution in [0.2, 0.25) is 0 Å². The SMILES string of the molecule is N#CNN(N=O)c1ccccc1. The molecule has 0 aliphatic rings. The van der Waals surface area contributed by atoms with Gasteiger partial charge in [-0.25, -0.2) is 5.43 Å². The quantitative estimate of drug-likeness (QED) is 0.313. The standard InChI is InChI=1S/C7H6N4O/c8-6-9-11(10-12)7-4-2-1-3-5-7/h1-5,9H. The lowest BCUT2D eigenvalue weighted by Crippen LogP contribution is -2.28. The van der Waals surface area contributed by atoms with Crippen molar-refractivity contribution in [2.75, 3.05) is 5.12 Å². The van der Waals surface area contributed by atoms with E-state index < -0.39 is 0 Å². The maximum Gasteiger partial charge on any atom is 0.198 e. The molecule has 12 heavy (non-hydrogen) atoms. The zero-order chi connectivity index (χ0) is 8.81. The molecule has 0 atom stereocenters. The highest BCUT2D eigenvalue weighted by atomic mass is 16.3. The van der Waals surface area contributed by atoms with Crippen molar-refractivity contribution >= 4 is 5.69 Å². The normalized spacial score (nSPS) is 8.25. The van der Waals surface area contributed by atoms with Crippen LogP contribution in [0.4, 0.5) is 5.69 Å². The second-order valence-corrected chi connectivity index (χ2v) is 1.95. The summed E-state index contributed by atoms with van der Waals surface area (Å²) in [5, 5.41) is 11.7. The Labute approximate surface area is 69.1 Å². The molecule has 5 nitrogen and oxygen atoms in total. The Morgan fingerprint density at radius 2 is 2.08 bits per heavy atom. The zero-order valence-corrected chi connectivity index (χ0v) is 6.14. The molecule has 1 aromatic carbocycles. The van der Waals surface area contributed by atoms with Gasteiger partial charge < -0.3 is 0 Å². The van der Waals surface area contributed by atoms with Crippen molar-refractivity contribution in [3.63, 3.8) is 0 Å². The van der Waals surface area contributed by atoms with Gasteiger partial charge in [0.15, 0.2) is 6.19 Å². The van der Waals surface area contributed by atoms with E-state index >= 15 is 0 Å². The van der Waals surface area contributed by atoms with E-state index in [1.165, 1.54) is 0 Å². The van der Waals surface area contributed by atoms with Crippen molar-refractivity contribution in [3.8, 4) is 6.19 Å². The molecular formula is C7H6N4O. The zero-order valence-electron chi connectivity index (χ0n) is 6.14. The van der Waals surface area contributed by atoms with E-state index in [1.54, 1.807) is 36.5 Å². The van der Waals surface area contributed by atoms with Crippen LogP contribution in [0.3, 0.4) is 0 Å². The lowest BCUT2D eigenvalue weighted by atomic mass is 10.3. The largest absolute Gasteiger partial charge is 0.210 e. The van der Waals surface area contributed by atoms with Crippen molar-refractivity contribution in [1.82, 2.24) is 5.43 Å². The highest BCUT2D eigenvalue weighted by Gasteiger charge is 2.01. The van der Waals surface area contributed by atoms with Crippen LogP contribution in [-0.4, -0.2) is 0 Å². The first kappa shape index (κ1) is 8.01. The van der Waals surface area contributed by atoms with E-state index in [1.807, 2.05) is 0 Å². The minimum atomic E-state index is 0.522. The first-order valence-electron chi connectivity index (χ1n) is 3.21. The van der Waals surface area contributed by atoms with Gasteiger partial charge >= 0.3 is 0 Å². The average molecular weight is 162 g/mol. The van der Waals surface area contributed by atoms with E-state index in [0.717, 1.165) is 5.12 Å². The number of benzene rings is 1. The van der Waals surface area contributed by atoms with Crippen molar-refractivity contribution in [2.24, 2.45) is 5.29 Å². The number of nitroso groups, excluding NO2 is 1. The van der Waals surface area contributed by atoms with Gasteiger partial charge in [-0.05, 0) is 12.1 Å². The number of hydrogen-bond acceptors (Lipinski definition) is 4. The predicted octanol–water partition coefficient (Wildman–Crippen LogP) is 1.16. The summed E-state index contributed by atoms with van der Waals surface area (Å²) >= 11 is 0. The number of hydrogen-bond donors (Lipinski definition) is 1. The topological polar surface area (TPSA) is 68.5 Å². The molecule has 1 aromatic rings. The van der Waals surface area contributed by atoms with Crippen molar-refractivity contribution in [3.05, 3.63) is 35.2 Å². The van der Waals surface area contributed by atoms with Crippen LogP contribution in [0.15, 0.2) is 35.6 Å². The van der Waals surface area contributed by atoms with Gasteiger partial charge in [-0.3, -0.25) is 0 Å². The highest BCUT2D eigenvalue weighted by Crippen LogP contribution is 2.09. The van der Waals surface area contributed by atoms with Crippen molar-refractivity contribution in [1.29, 1.82) is 5.26 Å². The molecule has 1 rings (SSSR count). The Morgan fingerprint density at radius 3 is 2.58 bits per heavy atom. The summed E-state index contributed by atoms with van der Waals surface area (Å²) in [6, 6.07) is 8.61. The predicted molar refractivity (Wildman–Crippen MR) is 43.5 cm³/mol. The Hall–Kier alpha value is -2.09. The van der Waals surface area contributed by atoms with Gasteiger partial charge in [0.1, 0.15) is 0 Å². The summed E-state index contributed by atoms with van der Waals surface area (Å²) in [4.78, 5) is 10.2. The third-order valence-electron chi connectivity index (χ3n) is 1.24. The van der Waals surface area contributed by atoms with Gasteiger partial charge in [0.2, 0.25) is 0 Å². The molecule has 0 amide bonds. The molecule has 0 spiro atoms. The fourth-order valence-corrected chi connectivity index (χ4v) is 0.749. The monoisotopic (exact) mass is 162 g/mol. The fourth-order valence-electron chi connectivity index (χ4n) is 0.749. The molecule has 0 bridgehead atoms. The molecule has 5 heteroatoms. The second kappa shape index (κ2) is 3.93. The van der Waals surface area contributed by atoms with Crippen LogP contribution in [0, 0.1) is 16.4 Å². The van der Waals surface area contributed by atoms with Gasteiger partial charge in [0.05, 0.1) is 11.0 Å². The molecule has 0 unspecified atom stereocenters. The number of anilines is 1. The molecule has 0 radical (unpaired) electrons. The van der Waals surface area contributed by atoms with Crippen LogP contribution < -0.4 is 10.5 Å². The summed E-state index contributed by atoms with van der Waals surface area (Å²) in [6.07, 6.45) is 1.60. The molecule has 0 saturated heterocycles. The molecule has 0 aromatic heterocycles. The van der Waals surface area contributed by atoms with E-state index in [9.17, 15) is 4.91 Å². The van der Waals surface area contributed by atoms with Crippen LogP contribution >= 0.6 is 0 Å². The fraction of sp³-hybridized carbons (Fsp3) is 0. The highest BCUT2D eigenvalue weighted by molar-refractivity contribution is 5.43. The Morgan fingerprint density at radius 1 is 1.42 bits per heavy atom. The summed E-state index contributed by atoms with van der Waals surface area (Å²) in [7, 11) is 0. The number of nitrogens with one attached hydrogen (secondary N) is 1. The maximum absolute atomic E-state index is 10.2. The van der Waals surface area contributed by atoms with Crippen LogP contribution in [0.1, 0.15) is 0 Å². The smallest absolute Gasteiger partial charge is 0.198 e. The summed E-state index contributed by atoms with van der Waals surface area (Å²) in [6.45, 7) is 0. The third kappa shape index (κ3) is 1.70. The first-order chi connectivity index (χ1) is 5.88. The second-order valence-electron chi connectivity index (χ2n) is 1.95. The average Bonchev–Trinajstić information content (AvgIpc) is 2.15. The summed E-state index contributed by atoms with van der Waals surface area (Å²) < 4.78 is 0. The molecule has 1 N–H and O–H groups in total. The number of para-hydroxylation sites is 1. The van der Waals surface area contributed by atoms with Gasteiger partial charge in [-0.15, -0.1) is 10.0 Å². The lowest BCUT2D eigenvalue weighted by molar-refractivity contribution is 0.784. The molecule has 0 fully saturated rings. The maximum atomic E-state index is 10.2. The van der Waals surface area contributed by atoms with Gasteiger partial charge in [0, 0.05) is 0 Å². The molecule has 0 aliphatic carbocycles. The van der Waals surface area contributed by atoms with E-state index in [2.05, 4.69) is 10.7 Å². The minimum absolute atomic E-state index is 0.522. The molecule has 0 aliphatic heterocycles.